The Balaban J connectivity index is 1.63. The molecule has 2 aromatic carbocycles. The van der Waals surface area contributed by atoms with Gasteiger partial charge >= 0.3 is 0 Å². The van der Waals surface area contributed by atoms with Crippen LogP contribution in [0.15, 0.2) is 42.5 Å². The number of rotatable bonds is 3. The molecule has 4 aromatic rings. The molecular weight excluding hydrogens is 288 g/mol. The molecule has 116 valence electrons. The minimum atomic E-state index is 0.721. The van der Waals surface area contributed by atoms with Crippen LogP contribution in [0.2, 0.25) is 0 Å². The van der Waals surface area contributed by atoms with Gasteiger partial charge in [0.2, 0.25) is 0 Å². The maximum atomic E-state index is 5.79. The van der Waals surface area contributed by atoms with Crippen LogP contribution in [0, 0.1) is 13.8 Å². The van der Waals surface area contributed by atoms with E-state index in [9.17, 15) is 0 Å². The first-order valence-electron chi connectivity index (χ1n) is 7.46. The molecule has 4 rings (SSSR count). The maximum absolute atomic E-state index is 5.79. The van der Waals surface area contributed by atoms with Gasteiger partial charge in [0.05, 0.1) is 11.0 Å². The number of aromatic amines is 2. The summed E-state index contributed by atoms with van der Waals surface area (Å²) in [6.45, 7) is 4.23. The zero-order chi connectivity index (χ0) is 16.0. The lowest BCUT2D eigenvalue weighted by Gasteiger charge is -2.15. The zero-order valence-electron chi connectivity index (χ0n) is 13.0. The Kier molecular flexibility index (Phi) is 2.90. The third kappa shape index (κ3) is 2.34. The number of aryl methyl sites for hydroxylation is 2. The Bertz CT molecular complexity index is 988. The lowest BCUT2D eigenvalue weighted by molar-refractivity contribution is 0.827. The molecule has 0 saturated heterocycles. The summed E-state index contributed by atoms with van der Waals surface area (Å²) in [6.07, 6.45) is 0. The molecule has 0 amide bonds. The largest absolute Gasteiger partial charge is 0.399 e. The number of hydrogen-bond donors (Lipinski definition) is 4. The van der Waals surface area contributed by atoms with Crippen LogP contribution in [0.4, 0.5) is 17.2 Å². The highest BCUT2D eigenvalue weighted by Crippen LogP contribution is 2.24. The van der Waals surface area contributed by atoms with Crippen molar-refractivity contribution in [3.63, 3.8) is 0 Å². The van der Waals surface area contributed by atoms with E-state index in [1.165, 1.54) is 11.1 Å². The van der Waals surface area contributed by atoms with E-state index in [2.05, 4.69) is 46.6 Å². The molecule has 0 spiro atoms. The first kappa shape index (κ1) is 13.5. The van der Waals surface area contributed by atoms with Crippen LogP contribution in [-0.4, -0.2) is 20.0 Å². The average molecular weight is 306 g/mol. The van der Waals surface area contributed by atoms with Gasteiger partial charge in [-0.1, -0.05) is 6.07 Å². The maximum Gasteiger partial charge on any atom is 0.175 e. The van der Waals surface area contributed by atoms with Gasteiger partial charge in [-0.15, -0.1) is 0 Å². The van der Waals surface area contributed by atoms with Gasteiger partial charge < -0.3 is 11.1 Å². The molecule has 5 N–H and O–H groups in total. The summed E-state index contributed by atoms with van der Waals surface area (Å²) in [7, 11) is 0. The molecule has 6 nitrogen and oxygen atoms in total. The quantitative estimate of drug-likeness (QED) is 0.436. The van der Waals surface area contributed by atoms with E-state index < -0.39 is 0 Å². The number of anilines is 3. The molecule has 23 heavy (non-hydrogen) atoms. The van der Waals surface area contributed by atoms with Crippen molar-refractivity contribution < 1.29 is 0 Å². The molecule has 2 heterocycles. The van der Waals surface area contributed by atoms with Gasteiger partial charge in [-0.3, -0.25) is 10.2 Å². The summed E-state index contributed by atoms with van der Waals surface area (Å²) >= 11 is 0. The van der Waals surface area contributed by atoms with Gasteiger partial charge in [-0.25, -0.2) is 4.68 Å². The van der Waals surface area contributed by atoms with Gasteiger partial charge in [0.15, 0.2) is 5.82 Å². The summed E-state index contributed by atoms with van der Waals surface area (Å²) in [5.74, 6) is 1.62. The second kappa shape index (κ2) is 4.95. The zero-order valence-corrected chi connectivity index (χ0v) is 13.0. The Morgan fingerprint density at radius 2 is 1.91 bits per heavy atom. The molecule has 0 aliphatic rings. The van der Waals surface area contributed by atoms with E-state index in [0.29, 0.717) is 0 Å². The number of H-pyrrole nitrogens is 2. The Labute approximate surface area is 133 Å². The molecule has 6 heteroatoms. The number of nitrogen functional groups attached to an aromatic ring is 1. The number of aromatic nitrogens is 4. The number of nitrogens with zero attached hydrogens (tertiary/aromatic N) is 2. The monoisotopic (exact) mass is 306 g/mol. The molecule has 0 fully saturated rings. The van der Waals surface area contributed by atoms with Gasteiger partial charge in [0.25, 0.3) is 0 Å². The fourth-order valence-electron chi connectivity index (χ4n) is 2.65. The molecule has 0 radical (unpaired) electrons. The highest BCUT2D eigenvalue weighted by molar-refractivity contribution is 5.81. The number of fused-ring (bicyclic) bond motifs is 1. The van der Waals surface area contributed by atoms with E-state index in [0.717, 1.165) is 34.0 Å². The molecular formula is C17H18N6. The smallest absolute Gasteiger partial charge is 0.175 e. The number of hydrogen-bond acceptors (Lipinski definition) is 3. The van der Waals surface area contributed by atoms with Crippen LogP contribution in [0.25, 0.3) is 16.9 Å². The van der Waals surface area contributed by atoms with E-state index >= 15 is 0 Å². The van der Waals surface area contributed by atoms with Crippen molar-refractivity contribution >= 4 is 28.2 Å². The number of nitrogens with two attached hydrogens (primary N) is 1. The lowest BCUT2D eigenvalue weighted by Crippen LogP contribution is -2.09. The molecule has 0 atom stereocenters. The van der Waals surface area contributed by atoms with Gasteiger partial charge in [-0.2, -0.15) is 5.10 Å². The first-order chi connectivity index (χ1) is 11.1. The molecule has 0 unspecified atom stereocenters. The molecule has 0 aliphatic heterocycles. The second-order valence-corrected chi connectivity index (χ2v) is 5.79. The van der Waals surface area contributed by atoms with E-state index in [-0.39, 0.29) is 0 Å². The topological polar surface area (TPSA) is 87.5 Å². The molecule has 0 saturated carbocycles. The van der Waals surface area contributed by atoms with Crippen molar-refractivity contribution in [2.75, 3.05) is 11.1 Å². The highest BCUT2D eigenvalue weighted by atomic mass is 15.4. The minimum absolute atomic E-state index is 0.721. The molecule has 0 bridgehead atoms. The van der Waals surface area contributed by atoms with Crippen LogP contribution < -0.4 is 11.1 Å². The number of nitrogens with one attached hydrogen (secondary N) is 3. The second-order valence-electron chi connectivity index (χ2n) is 5.79. The summed E-state index contributed by atoms with van der Waals surface area (Å²) in [5.41, 5.74) is 12.2. The lowest BCUT2D eigenvalue weighted by atomic mass is 10.1. The van der Waals surface area contributed by atoms with Crippen LogP contribution in [0.1, 0.15) is 11.1 Å². The van der Waals surface area contributed by atoms with Crippen molar-refractivity contribution in [1.82, 2.24) is 20.0 Å². The first-order valence-corrected chi connectivity index (χ1v) is 7.46. The highest BCUT2D eigenvalue weighted by Gasteiger charge is 2.12. The summed E-state index contributed by atoms with van der Waals surface area (Å²) in [5, 5.41) is 13.9. The Morgan fingerprint density at radius 1 is 1.09 bits per heavy atom. The van der Waals surface area contributed by atoms with Crippen molar-refractivity contribution in [2.45, 2.75) is 13.8 Å². The third-order valence-corrected chi connectivity index (χ3v) is 4.04. The van der Waals surface area contributed by atoms with Gasteiger partial charge in [0.1, 0.15) is 5.82 Å². The standard InChI is InChI=1S/C17H18N6/c1-10-6-14-15(7-11(10)2)23(22-14)17-9-16(20-21-17)19-13-5-3-4-12(18)8-13/h3-9,22H,18H2,1-2H3,(H2,19,20,21). The fourth-order valence-corrected chi connectivity index (χ4v) is 2.65. The normalized spacial score (nSPS) is 11.2. The summed E-state index contributed by atoms with van der Waals surface area (Å²) < 4.78 is 1.96. The van der Waals surface area contributed by atoms with Crippen LogP contribution in [-0.2, 0) is 0 Å². The Morgan fingerprint density at radius 3 is 2.74 bits per heavy atom. The van der Waals surface area contributed by atoms with Gasteiger partial charge in [0, 0.05) is 17.4 Å². The molecule has 2 aromatic heterocycles. The van der Waals surface area contributed by atoms with Crippen molar-refractivity contribution in [1.29, 1.82) is 0 Å². The predicted molar refractivity (Wildman–Crippen MR) is 93.4 cm³/mol. The average Bonchev–Trinajstić information content (AvgIpc) is 2.94. The van der Waals surface area contributed by atoms with Crippen molar-refractivity contribution in [3.8, 4) is 5.82 Å². The van der Waals surface area contributed by atoms with Crippen molar-refractivity contribution in [2.24, 2.45) is 0 Å². The van der Waals surface area contributed by atoms with E-state index in [1.54, 1.807) is 0 Å². The van der Waals surface area contributed by atoms with E-state index in [1.807, 2.05) is 35.0 Å². The Hall–Kier alpha value is -3.15. The van der Waals surface area contributed by atoms with Crippen molar-refractivity contribution in [3.05, 3.63) is 53.6 Å². The van der Waals surface area contributed by atoms with Crippen LogP contribution in [0.3, 0.4) is 0 Å². The summed E-state index contributed by atoms with van der Waals surface area (Å²) in [4.78, 5) is 0. The van der Waals surface area contributed by atoms with Crippen LogP contribution in [0.5, 0.6) is 0 Å². The summed E-state index contributed by atoms with van der Waals surface area (Å²) in [6, 6.07) is 13.9. The van der Waals surface area contributed by atoms with E-state index in [4.69, 9.17) is 5.73 Å². The SMILES string of the molecule is Cc1cc2[nH]n(-c3cc(Nc4cccc(N)c4)[nH]n3)c2cc1C. The predicted octanol–water partition coefficient (Wildman–Crippen LogP) is 3.62. The third-order valence-electron chi connectivity index (χ3n) is 4.04. The van der Waals surface area contributed by atoms with Gasteiger partial charge in [-0.05, 0) is 55.3 Å². The fraction of sp³-hybridized carbons (Fsp3) is 0.118. The molecule has 0 aliphatic carbocycles. The number of benzene rings is 2. The van der Waals surface area contributed by atoms with Crippen LogP contribution >= 0.6 is 0 Å². The minimum Gasteiger partial charge on any atom is -0.399 e.